The standard InChI is InChI=1S/C18H17NO/c20-18(17-15-11-3-4-12(9-11)16(15)17)13-5-6-14-10(8-13)2-1-7-19-14/h1-2,5-8,11-12,15-17H,3-4,9H2. The van der Waals surface area contributed by atoms with Crippen LogP contribution in [0.1, 0.15) is 29.6 Å². The van der Waals surface area contributed by atoms with Gasteiger partial charge in [0.2, 0.25) is 0 Å². The van der Waals surface area contributed by atoms with E-state index in [9.17, 15) is 4.79 Å². The summed E-state index contributed by atoms with van der Waals surface area (Å²) in [6, 6.07) is 9.95. The second kappa shape index (κ2) is 3.69. The molecule has 3 aliphatic carbocycles. The molecule has 5 rings (SSSR count). The lowest BCUT2D eigenvalue weighted by Gasteiger charge is -2.08. The summed E-state index contributed by atoms with van der Waals surface area (Å²) in [6.45, 7) is 0. The molecular formula is C18H17NO. The Bertz CT molecular complexity index is 706. The maximum absolute atomic E-state index is 12.8. The SMILES string of the molecule is O=C(c1ccc2ncccc2c1)C1C2C3CCC(C3)C12. The van der Waals surface area contributed by atoms with Crippen molar-refractivity contribution in [2.24, 2.45) is 29.6 Å². The smallest absolute Gasteiger partial charge is 0.166 e. The molecule has 2 heteroatoms. The van der Waals surface area contributed by atoms with E-state index in [0.29, 0.717) is 11.7 Å². The Morgan fingerprint density at radius 1 is 1.10 bits per heavy atom. The monoisotopic (exact) mass is 263 g/mol. The summed E-state index contributed by atoms with van der Waals surface area (Å²) < 4.78 is 0. The van der Waals surface area contributed by atoms with Crippen molar-refractivity contribution in [2.75, 3.05) is 0 Å². The van der Waals surface area contributed by atoms with Crippen molar-refractivity contribution in [3.8, 4) is 0 Å². The largest absolute Gasteiger partial charge is 0.294 e. The van der Waals surface area contributed by atoms with Gasteiger partial charge in [-0.05, 0) is 67.2 Å². The van der Waals surface area contributed by atoms with Gasteiger partial charge in [0.1, 0.15) is 0 Å². The van der Waals surface area contributed by atoms with Crippen LogP contribution in [0.3, 0.4) is 0 Å². The third kappa shape index (κ3) is 1.34. The molecule has 0 amide bonds. The second-order valence-electron chi connectivity index (χ2n) is 6.79. The zero-order chi connectivity index (χ0) is 13.3. The van der Waals surface area contributed by atoms with Gasteiger partial charge < -0.3 is 0 Å². The van der Waals surface area contributed by atoms with E-state index in [1.807, 2.05) is 30.3 Å². The second-order valence-corrected chi connectivity index (χ2v) is 6.79. The first-order valence-corrected chi connectivity index (χ1v) is 7.72. The van der Waals surface area contributed by atoms with E-state index in [0.717, 1.165) is 40.1 Å². The zero-order valence-corrected chi connectivity index (χ0v) is 11.3. The average Bonchev–Trinajstić information content (AvgIpc) is 2.93. The van der Waals surface area contributed by atoms with Crippen molar-refractivity contribution in [1.82, 2.24) is 4.98 Å². The average molecular weight is 263 g/mol. The third-order valence-electron chi connectivity index (χ3n) is 5.93. The molecule has 20 heavy (non-hydrogen) atoms. The fourth-order valence-corrected chi connectivity index (χ4v) is 5.10. The molecule has 2 bridgehead atoms. The molecule has 3 fully saturated rings. The molecule has 0 spiro atoms. The van der Waals surface area contributed by atoms with Gasteiger partial charge in [-0.1, -0.05) is 6.07 Å². The number of ketones is 1. The van der Waals surface area contributed by atoms with Crippen LogP contribution >= 0.6 is 0 Å². The number of benzene rings is 1. The molecule has 4 unspecified atom stereocenters. The van der Waals surface area contributed by atoms with Crippen LogP contribution in [0.15, 0.2) is 36.5 Å². The molecule has 0 N–H and O–H groups in total. The molecule has 1 heterocycles. The molecule has 2 aromatic rings. The number of pyridine rings is 1. The molecule has 0 aliphatic heterocycles. The molecule has 1 aromatic carbocycles. The first-order valence-electron chi connectivity index (χ1n) is 7.72. The summed E-state index contributed by atoms with van der Waals surface area (Å²) in [5.74, 6) is 3.91. The van der Waals surface area contributed by atoms with Crippen LogP contribution in [-0.2, 0) is 0 Å². The lowest BCUT2D eigenvalue weighted by atomic mass is 9.95. The van der Waals surface area contributed by atoms with E-state index in [-0.39, 0.29) is 0 Å². The van der Waals surface area contributed by atoms with E-state index < -0.39 is 0 Å². The van der Waals surface area contributed by atoms with Gasteiger partial charge in [0, 0.05) is 23.1 Å². The van der Waals surface area contributed by atoms with Crippen LogP contribution < -0.4 is 0 Å². The lowest BCUT2D eigenvalue weighted by molar-refractivity contribution is 0.0944. The van der Waals surface area contributed by atoms with Gasteiger partial charge in [-0.15, -0.1) is 0 Å². The van der Waals surface area contributed by atoms with E-state index in [2.05, 4.69) is 4.98 Å². The highest BCUT2D eigenvalue weighted by molar-refractivity contribution is 6.02. The Labute approximate surface area is 118 Å². The van der Waals surface area contributed by atoms with Gasteiger partial charge in [-0.3, -0.25) is 9.78 Å². The lowest BCUT2D eigenvalue weighted by Crippen LogP contribution is -2.10. The van der Waals surface area contributed by atoms with Crippen LogP contribution in [0.4, 0.5) is 0 Å². The molecule has 1 aromatic heterocycles. The van der Waals surface area contributed by atoms with Crippen molar-refractivity contribution in [3.63, 3.8) is 0 Å². The van der Waals surface area contributed by atoms with E-state index >= 15 is 0 Å². The summed E-state index contributed by atoms with van der Waals surface area (Å²) in [4.78, 5) is 17.1. The maximum Gasteiger partial charge on any atom is 0.166 e. The van der Waals surface area contributed by atoms with Crippen LogP contribution in [0, 0.1) is 29.6 Å². The van der Waals surface area contributed by atoms with Gasteiger partial charge in [-0.2, -0.15) is 0 Å². The van der Waals surface area contributed by atoms with Gasteiger partial charge in [0.05, 0.1) is 5.52 Å². The van der Waals surface area contributed by atoms with Crippen molar-refractivity contribution < 1.29 is 4.79 Å². The first kappa shape index (κ1) is 11.0. The first-order chi connectivity index (χ1) is 9.83. The minimum atomic E-state index is 0.343. The van der Waals surface area contributed by atoms with Crippen LogP contribution in [-0.4, -0.2) is 10.8 Å². The predicted octanol–water partition coefficient (Wildman–Crippen LogP) is 3.71. The molecule has 4 atom stereocenters. The van der Waals surface area contributed by atoms with Crippen molar-refractivity contribution in [1.29, 1.82) is 0 Å². The Morgan fingerprint density at radius 3 is 2.70 bits per heavy atom. The molecule has 0 saturated heterocycles. The minimum Gasteiger partial charge on any atom is -0.294 e. The number of Topliss-reactive ketones (excluding diaryl/α,β-unsaturated/α-hetero) is 1. The van der Waals surface area contributed by atoms with Crippen LogP contribution in [0.25, 0.3) is 10.9 Å². The van der Waals surface area contributed by atoms with Crippen LogP contribution in [0.2, 0.25) is 0 Å². The molecule has 0 radical (unpaired) electrons. The number of aromatic nitrogens is 1. The van der Waals surface area contributed by atoms with Gasteiger partial charge in [0.15, 0.2) is 5.78 Å². The van der Waals surface area contributed by atoms with E-state index in [1.54, 1.807) is 6.20 Å². The van der Waals surface area contributed by atoms with Gasteiger partial charge in [-0.25, -0.2) is 0 Å². The Kier molecular flexibility index (Phi) is 2.03. The normalized spacial score (nSPS) is 37.1. The highest BCUT2D eigenvalue weighted by atomic mass is 16.1. The molecular weight excluding hydrogens is 246 g/mol. The van der Waals surface area contributed by atoms with Gasteiger partial charge in [0.25, 0.3) is 0 Å². The number of carbonyl (C=O) groups excluding carboxylic acids is 1. The molecule has 2 nitrogen and oxygen atoms in total. The Hall–Kier alpha value is -1.70. The summed E-state index contributed by atoms with van der Waals surface area (Å²) in [5, 5.41) is 1.08. The predicted molar refractivity (Wildman–Crippen MR) is 77.4 cm³/mol. The third-order valence-corrected chi connectivity index (χ3v) is 5.93. The highest BCUT2D eigenvalue weighted by Crippen LogP contribution is 2.69. The van der Waals surface area contributed by atoms with Crippen molar-refractivity contribution in [2.45, 2.75) is 19.3 Å². The molecule has 3 saturated carbocycles. The van der Waals surface area contributed by atoms with Crippen LogP contribution in [0.5, 0.6) is 0 Å². The Balaban J connectivity index is 1.49. The molecule has 100 valence electrons. The van der Waals surface area contributed by atoms with E-state index in [1.165, 1.54) is 19.3 Å². The number of hydrogen-bond acceptors (Lipinski definition) is 2. The summed E-state index contributed by atoms with van der Waals surface area (Å²) in [7, 11) is 0. The van der Waals surface area contributed by atoms with Gasteiger partial charge >= 0.3 is 0 Å². The van der Waals surface area contributed by atoms with E-state index in [4.69, 9.17) is 0 Å². The summed E-state index contributed by atoms with van der Waals surface area (Å²) in [5.41, 5.74) is 1.87. The van der Waals surface area contributed by atoms with Crippen molar-refractivity contribution >= 4 is 16.7 Å². The summed E-state index contributed by atoms with van der Waals surface area (Å²) >= 11 is 0. The maximum atomic E-state index is 12.8. The molecule has 3 aliphatic rings. The zero-order valence-electron chi connectivity index (χ0n) is 11.3. The Morgan fingerprint density at radius 2 is 1.90 bits per heavy atom. The number of rotatable bonds is 2. The topological polar surface area (TPSA) is 30.0 Å². The fraction of sp³-hybridized carbons (Fsp3) is 0.444. The number of carbonyl (C=O) groups is 1. The quantitative estimate of drug-likeness (QED) is 0.773. The minimum absolute atomic E-state index is 0.343. The van der Waals surface area contributed by atoms with Crippen molar-refractivity contribution in [3.05, 3.63) is 42.1 Å². The number of fused-ring (bicyclic) bond motifs is 6. The fourth-order valence-electron chi connectivity index (χ4n) is 5.10. The number of hydrogen-bond donors (Lipinski definition) is 0. The number of nitrogens with zero attached hydrogens (tertiary/aromatic N) is 1. The summed E-state index contributed by atoms with van der Waals surface area (Å²) in [6.07, 6.45) is 5.95. The highest BCUT2D eigenvalue weighted by Gasteiger charge is 2.67.